The average molecular weight is 444 g/mol. The molecule has 0 atom stereocenters. The second-order valence-corrected chi connectivity index (χ2v) is 7.94. The van der Waals surface area contributed by atoms with Crippen LogP contribution in [0, 0.1) is 13.8 Å². The van der Waals surface area contributed by atoms with Gasteiger partial charge in [0.05, 0.1) is 17.9 Å². The first-order chi connectivity index (χ1) is 14.4. The molecule has 0 saturated heterocycles. The Bertz CT molecular complexity index is 1080. The Labute approximate surface area is 184 Å². The number of hydrogen-bond donors (Lipinski definition) is 1. The third-order valence-electron chi connectivity index (χ3n) is 4.55. The van der Waals surface area contributed by atoms with Crippen LogP contribution in [0.2, 0.25) is 5.02 Å². The van der Waals surface area contributed by atoms with Gasteiger partial charge in [-0.2, -0.15) is 5.10 Å². The molecule has 1 amide bonds. The van der Waals surface area contributed by atoms with Crippen molar-refractivity contribution < 1.29 is 14.3 Å². The molecule has 0 spiro atoms. The molecular weight excluding hydrogens is 422 g/mol. The monoisotopic (exact) mass is 443 g/mol. The summed E-state index contributed by atoms with van der Waals surface area (Å²) in [6.07, 6.45) is 1.96. The number of carbonyl (C=O) groups excluding carboxylic acids is 2. The van der Waals surface area contributed by atoms with E-state index in [0.717, 1.165) is 10.5 Å². The van der Waals surface area contributed by atoms with Crippen LogP contribution in [0.25, 0.3) is 0 Å². The molecule has 0 bridgehead atoms. The van der Waals surface area contributed by atoms with Gasteiger partial charge in [0.25, 0.3) is 5.91 Å². The minimum atomic E-state index is -0.580. The molecule has 0 aliphatic heterocycles. The number of esters is 1. The molecule has 3 rings (SSSR count). The first-order valence-corrected chi connectivity index (χ1v) is 10.9. The highest BCUT2D eigenvalue weighted by Gasteiger charge is 2.21. The first-order valence-electron chi connectivity index (χ1n) is 9.27. The van der Waals surface area contributed by atoms with Crippen LogP contribution < -0.4 is 5.32 Å². The Kier molecular flexibility index (Phi) is 7.18. The number of aromatic nitrogens is 2. The third kappa shape index (κ3) is 5.23. The van der Waals surface area contributed by atoms with E-state index in [9.17, 15) is 9.59 Å². The van der Waals surface area contributed by atoms with Crippen molar-refractivity contribution in [2.24, 2.45) is 0 Å². The number of halogens is 1. The van der Waals surface area contributed by atoms with Gasteiger partial charge in [-0.3, -0.25) is 9.48 Å². The lowest BCUT2D eigenvalue weighted by Crippen LogP contribution is -2.21. The topological polar surface area (TPSA) is 73.2 Å². The number of aryl methyl sites for hydroxylation is 1. The zero-order valence-corrected chi connectivity index (χ0v) is 18.5. The molecule has 0 unspecified atom stereocenters. The summed E-state index contributed by atoms with van der Waals surface area (Å²) in [5, 5.41) is 7.80. The van der Waals surface area contributed by atoms with Crippen LogP contribution >= 0.6 is 23.4 Å². The van der Waals surface area contributed by atoms with Gasteiger partial charge in [0.15, 0.2) is 6.61 Å². The number of hydrogen-bond acceptors (Lipinski definition) is 5. The molecular formula is C22H22ClN3O3S. The van der Waals surface area contributed by atoms with Crippen molar-refractivity contribution in [1.29, 1.82) is 0 Å². The van der Waals surface area contributed by atoms with Crippen LogP contribution in [0.4, 0.5) is 5.69 Å². The number of carbonyl (C=O) groups is 2. The van der Waals surface area contributed by atoms with Gasteiger partial charge in [-0.25, -0.2) is 4.79 Å². The number of nitrogens with zero attached hydrogens (tertiary/aromatic N) is 2. The van der Waals surface area contributed by atoms with Gasteiger partial charge in [0.1, 0.15) is 5.56 Å². The second kappa shape index (κ2) is 9.82. The van der Waals surface area contributed by atoms with E-state index in [1.165, 1.54) is 0 Å². The van der Waals surface area contributed by atoms with E-state index in [1.54, 1.807) is 36.4 Å². The highest BCUT2D eigenvalue weighted by molar-refractivity contribution is 7.98. The van der Waals surface area contributed by atoms with E-state index >= 15 is 0 Å². The van der Waals surface area contributed by atoms with Gasteiger partial charge >= 0.3 is 5.97 Å². The summed E-state index contributed by atoms with van der Waals surface area (Å²) in [4.78, 5) is 25.8. The Morgan fingerprint density at radius 1 is 1.17 bits per heavy atom. The molecule has 3 aromatic rings. The van der Waals surface area contributed by atoms with Crippen molar-refractivity contribution in [1.82, 2.24) is 9.78 Å². The van der Waals surface area contributed by atoms with Crippen molar-refractivity contribution in [3.63, 3.8) is 0 Å². The minimum Gasteiger partial charge on any atom is -0.452 e. The van der Waals surface area contributed by atoms with Crippen LogP contribution in [-0.4, -0.2) is 34.5 Å². The fourth-order valence-electron chi connectivity index (χ4n) is 3.04. The predicted octanol–water partition coefficient (Wildman–Crippen LogP) is 4.72. The summed E-state index contributed by atoms with van der Waals surface area (Å²) < 4.78 is 6.94. The molecule has 0 aliphatic carbocycles. The Hall–Kier alpha value is -2.77. The third-order valence-corrected chi connectivity index (χ3v) is 5.65. The number of anilines is 1. The van der Waals surface area contributed by atoms with Gasteiger partial charge in [-0.05, 0) is 49.9 Å². The van der Waals surface area contributed by atoms with E-state index in [1.807, 2.05) is 48.7 Å². The summed E-state index contributed by atoms with van der Waals surface area (Å²) in [6, 6.07) is 14.9. The maximum Gasteiger partial charge on any atom is 0.342 e. The largest absolute Gasteiger partial charge is 0.452 e. The first kappa shape index (κ1) is 21.9. The lowest BCUT2D eigenvalue weighted by Gasteiger charge is -2.09. The van der Waals surface area contributed by atoms with Crippen molar-refractivity contribution in [3.05, 3.63) is 76.1 Å². The number of rotatable bonds is 7. The zero-order valence-electron chi connectivity index (χ0n) is 16.9. The lowest BCUT2D eigenvalue weighted by atomic mass is 10.2. The van der Waals surface area contributed by atoms with Crippen LogP contribution in [0.15, 0.2) is 53.4 Å². The maximum atomic E-state index is 12.6. The van der Waals surface area contributed by atoms with Crippen molar-refractivity contribution in [2.75, 3.05) is 18.2 Å². The molecule has 1 aromatic heterocycles. The number of thioether (sulfide) groups is 1. The second-order valence-electron chi connectivity index (χ2n) is 6.65. The minimum absolute atomic E-state index is 0.360. The predicted molar refractivity (Wildman–Crippen MR) is 119 cm³/mol. The molecule has 30 heavy (non-hydrogen) atoms. The molecule has 0 aliphatic rings. The van der Waals surface area contributed by atoms with Crippen molar-refractivity contribution in [2.45, 2.75) is 25.3 Å². The quantitative estimate of drug-likeness (QED) is 0.422. The van der Waals surface area contributed by atoms with Crippen LogP contribution in [0.5, 0.6) is 0 Å². The highest BCUT2D eigenvalue weighted by atomic mass is 35.5. The van der Waals surface area contributed by atoms with Gasteiger partial charge < -0.3 is 10.1 Å². The molecule has 2 aromatic carbocycles. The summed E-state index contributed by atoms with van der Waals surface area (Å²) in [5.41, 5.74) is 3.11. The molecule has 8 heteroatoms. The average Bonchev–Trinajstić information content (AvgIpc) is 3.01. The molecule has 0 radical (unpaired) electrons. The Morgan fingerprint density at radius 3 is 2.67 bits per heavy atom. The summed E-state index contributed by atoms with van der Waals surface area (Å²) in [5.74, 6) is -0.983. The van der Waals surface area contributed by atoms with Gasteiger partial charge in [0, 0.05) is 15.6 Å². The zero-order chi connectivity index (χ0) is 21.7. The van der Waals surface area contributed by atoms with E-state index in [4.69, 9.17) is 16.3 Å². The molecule has 1 heterocycles. The SMILES string of the molecule is CSc1cccc(NC(=O)COC(=O)c2c(C)nn(Cc3ccccc3Cl)c2C)c1. The number of nitrogens with one attached hydrogen (secondary N) is 1. The number of benzene rings is 2. The number of ether oxygens (including phenoxy) is 1. The van der Waals surface area contributed by atoms with Crippen LogP contribution in [0.3, 0.4) is 0 Å². The molecule has 6 nitrogen and oxygen atoms in total. The van der Waals surface area contributed by atoms with E-state index in [2.05, 4.69) is 10.4 Å². The van der Waals surface area contributed by atoms with Gasteiger partial charge in [-0.15, -0.1) is 11.8 Å². The lowest BCUT2D eigenvalue weighted by molar-refractivity contribution is -0.119. The normalized spacial score (nSPS) is 10.7. The molecule has 1 N–H and O–H groups in total. The van der Waals surface area contributed by atoms with Gasteiger partial charge in [0.2, 0.25) is 0 Å². The van der Waals surface area contributed by atoms with Crippen molar-refractivity contribution in [3.8, 4) is 0 Å². The van der Waals surface area contributed by atoms with E-state index < -0.39 is 11.9 Å². The van der Waals surface area contributed by atoms with Crippen LogP contribution in [0.1, 0.15) is 27.3 Å². The summed E-state index contributed by atoms with van der Waals surface area (Å²) in [7, 11) is 0. The molecule has 0 saturated carbocycles. The number of amides is 1. The Morgan fingerprint density at radius 2 is 1.93 bits per heavy atom. The smallest absolute Gasteiger partial charge is 0.342 e. The fourth-order valence-corrected chi connectivity index (χ4v) is 3.69. The summed E-state index contributed by atoms with van der Waals surface area (Å²) in [6.45, 7) is 3.59. The Balaban J connectivity index is 1.64. The molecule has 0 fully saturated rings. The van der Waals surface area contributed by atoms with Crippen LogP contribution in [-0.2, 0) is 16.1 Å². The maximum absolute atomic E-state index is 12.6. The van der Waals surface area contributed by atoms with Gasteiger partial charge in [-0.1, -0.05) is 35.9 Å². The van der Waals surface area contributed by atoms with E-state index in [-0.39, 0.29) is 6.61 Å². The van der Waals surface area contributed by atoms with Crippen molar-refractivity contribution >= 4 is 40.9 Å². The van der Waals surface area contributed by atoms with E-state index in [0.29, 0.717) is 34.2 Å². The highest BCUT2D eigenvalue weighted by Crippen LogP contribution is 2.21. The summed E-state index contributed by atoms with van der Waals surface area (Å²) >= 11 is 7.81. The molecule has 156 valence electrons. The fraction of sp³-hybridized carbons (Fsp3) is 0.227. The standard InChI is InChI=1S/C22H22ClN3O3S/c1-14-21(15(2)26(25-14)12-16-7-4-5-10-19(16)23)22(28)29-13-20(27)24-17-8-6-9-18(11-17)30-3/h4-11H,12-13H2,1-3H3,(H,24,27).